The van der Waals surface area contributed by atoms with E-state index in [0.717, 1.165) is 22.4 Å². The molecule has 0 saturated carbocycles. The first-order chi connectivity index (χ1) is 20.5. The van der Waals surface area contributed by atoms with Crippen molar-refractivity contribution < 1.29 is 19.4 Å². The molecule has 7 nitrogen and oxygen atoms in total. The fraction of sp³-hybridized carbons (Fsp3) is 0.273. The number of aliphatic hydroxyl groups excluding tert-OH is 1. The van der Waals surface area contributed by atoms with E-state index < -0.39 is 17.7 Å². The van der Waals surface area contributed by atoms with Crippen LogP contribution in [0.15, 0.2) is 76.6 Å². The van der Waals surface area contributed by atoms with Gasteiger partial charge in [-0.3, -0.25) is 14.5 Å². The van der Waals surface area contributed by atoms with Crippen LogP contribution in [-0.4, -0.2) is 33.1 Å². The smallest absolute Gasteiger partial charge is 0.301 e. The van der Waals surface area contributed by atoms with Crippen molar-refractivity contribution in [1.29, 1.82) is 0 Å². The molecule has 4 aromatic rings. The second kappa shape index (κ2) is 11.4. The van der Waals surface area contributed by atoms with Crippen molar-refractivity contribution in [2.45, 2.75) is 61.8 Å². The predicted octanol–water partition coefficient (Wildman–Crippen LogP) is 7.73. The number of halogens is 1. The molecule has 0 bridgehead atoms. The third-order valence-electron chi connectivity index (χ3n) is 7.62. The first-order valence-corrected chi connectivity index (χ1v) is 16.1. The van der Waals surface area contributed by atoms with Crippen molar-refractivity contribution in [3.63, 3.8) is 0 Å². The van der Waals surface area contributed by atoms with E-state index in [2.05, 4.69) is 31.0 Å². The number of fused-ring (bicyclic) bond motifs is 1. The highest BCUT2D eigenvalue weighted by molar-refractivity contribution is 8.00. The van der Waals surface area contributed by atoms with Crippen molar-refractivity contribution >= 4 is 57.3 Å². The van der Waals surface area contributed by atoms with Crippen molar-refractivity contribution in [3.8, 4) is 5.75 Å². The second-order valence-electron chi connectivity index (χ2n) is 11.7. The molecule has 43 heavy (non-hydrogen) atoms. The van der Waals surface area contributed by atoms with E-state index in [4.69, 9.17) is 16.3 Å². The number of Topliss-reactive ketones (excluding diaryl/α,β-unsaturated/α-hetero) is 1. The molecule has 0 aliphatic carbocycles. The van der Waals surface area contributed by atoms with Crippen LogP contribution in [0.4, 0.5) is 5.13 Å². The number of aromatic nitrogens is 2. The molecule has 0 radical (unpaired) electrons. The van der Waals surface area contributed by atoms with Gasteiger partial charge < -0.3 is 9.84 Å². The Balaban J connectivity index is 1.40. The molecule has 1 aromatic heterocycles. The summed E-state index contributed by atoms with van der Waals surface area (Å²) in [6.45, 7) is 8.34. The molecule has 1 amide bonds. The van der Waals surface area contributed by atoms with Gasteiger partial charge in [0.1, 0.15) is 17.6 Å². The molecule has 1 fully saturated rings. The van der Waals surface area contributed by atoms with Gasteiger partial charge in [-0.15, -0.1) is 10.2 Å². The molecule has 2 aliphatic rings. The highest BCUT2D eigenvalue weighted by atomic mass is 35.5. The summed E-state index contributed by atoms with van der Waals surface area (Å²) >= 11 is 9.00. The first kappa shape index (κ1) is 29.4. The van der Waals surface area contributed by atoms with Crippen LogP contribution >= 0.6 is 34.7 Å². The normalized spacial score (nSPS) is 19.5. The second-order valence-corrected chi connectivity index (χ2v) is 14.3. The van der Waals surface area contributed by atoms with E-state index in [1.807, 2.05) is 61.5 Å². The summed E-state index contributed by atoms with van der Waals surface area (Å²) in [5.41, 5.74) is 4.08. The van der Waals surface area contributed by atoms with Gasteiger partial charge in [-0.1, -0.05) is 97.9 Å². The maximum atomic E-state index is 13.7. The number of benzene rings is 3. The molecule has 10 heteroatoms. The van der Waals surface area contributed by atoms with Gasteiger partial charge in [0.25, 0.3) is 5.78 Å². The molecule has 1 saturated heterocycles. The number of hydrogen-bond donors (Lipinski definition) is 1. The van der Waals surface area contributed by atoms with Crippen LogP contribution in [0, 0.1) is 0 Å². The Morgan fingerprint density at radius 3 is 2.56 bits per heavy atom. The summed E-state index contributed by atoms with van der Waals surface area (Å²) in [5, 5.41) is 21.2. The Morgan fingerprint density at radius 2 is 1.84 bits per heavy atom. The summed E-state index contributed by atoms with van der Waals surface area (Å²) in [6.07, 6.45) is 0.726. The van der Waals surface area contributed by atoms with Crippen LogP contribution < -0.4 is 9.64 Å². The summed E-state index contributed by atoms with van der Waals surface area (Å²) in [7, 11) is 0. The minimum Gasteiger partial charge on any atom is -0.507 e. The zero-order valence-electron chi connectivity index (χ0n) is 24.1. The molecule has 3 aromatic carbocycles. The number of ketones is 1. The lowest BCUT2D eigenvalue weighted by Crippen LogP contribution is -2.29. The van der Waals surface area contributed by atoms with Gasteiger partial charge in [-0.2, -0.15) is 0 Å². The van der Waals surface area contributed by atoms with Crippen LogP contribution in [0.1, 0.15) is 61.6 Å². The number of ether oxygens (including phenoxy) is 1. The SMILES string of the molecule is CC1Cc2cc(/C(O)=C3\C(=O)C(=O)N(c4nnc(SCc5ccccc5Cl)s4)C3c3ccc(C(C)(C)C)cc3)ccc2O1. The summed E-state index contributed by atoms with van der Waals surface area (Å²) in [6, 6.07) is 19.8. The third kappa shape index (κ3) is 5.69. The standard InChI is InChI=1S/C33H30ClN3O4S2/c1-18-15-22-16-20(11-14-25(22)41-18)28(38)26-27(19-9-12-23(13-10-19)33(2,3)4)37(30(40)29(26)39)31-35-36-32(43-31)42-17-21-7-5-6-8-24(21)34/h5-14,16,18,27,38H,15,17H2,1-4H3/b28-26+. The Morgan fingerprint density at radius 1 is 1.09 bits per heavy atom. The zero-order chi connectivity index (χ0) is 30.5. The average molecular weight is 632 g/mol. The van der Waals surface area contributed by atoms with E-state index in [1.54, 1.807) is 12.1 Å². The Kier molecular flexibility index (Phi) is 7.83. The summed E-state index contributed by atoms with van der Waals surface area (Å²) in [4.78, 5) is 28.7. The monoisotopic (exact) mass is 631 g/mol. The van der Waals surface area contributed by atoms with E-state index in [9.17, 15) is 14.7 Å². The largest absolute Gasteiger partial charge is 0.507 e. The van der Waals surface area contributed by atoms with E-state index >= 15 is 0 Å². The van der Waals surface area contributed by atoms with Gasteiger partial charge in [0.15, 0.2) is 4.34 Å². The molecule has 220 valence electrons. The molecular weight excluding hydrogens is 602 g/mol. The van der Waals surface area contributed by atoms with Crippen molar-refractivity contribution in [2.75, 3.05) is 4.90 Å². The molecular formula is C33H30ClN3O4S2. The molecule has 6 rings (SSSR count). The summed E-state index contributed by atoms with van der Waals surface area (Å²) < 4.78 is 6.45. The lowest BCUT2D eigenvalue weighted by molar-refractivity contribution is -0.132. The molecule has 1 N–H and O–H groups in total. The predicted molar refractivity (Wildman–Crippen MR) is 171 cm³/mol. The molecule has 2 aliphatic heterocycles. The minimum absolute atomic E-state index is 0.0147. The highest BCUT2D eigenvalue weighted by Gasteiger charge is 2.48. The lowest BCUT2D eigenvalue weighted by atomic mass is 9.85. The third-order valence-corrected chi connectivity index (χ3v) is 10.1. The minimum atomic E-state index is -0.883. The van der Waals surface area contributed by atoms with Gasteiger partial charge >= 0.3 is 5.91 Å². The zero-order valence-corrected chi connectivity index (χ0v) is 26.5. The topological polar surface area (TPSA) is 92.6 Å². The van der Waals surface area contributed by atoms with Gasteiger partial charge in [-0.05, 0) is 58.9 Å². The number of carbonyl (C=O) groups is 2. The van der Waals surface area contributed by atoms with Crippen LogP contribution in [0.2, 0.25) is 5.02 Å². The van der Waals surface area contributed by atoms with Gasteiger partial charge in [0.2, 0.25) is 5.13 Å². The van der Waals surface area contributed by atoms with Crippen LogP contribution in [0.5, 0.6) is 5.75 Å². The van der Waals surface area contributed by atoms with Gasteiger partial charge in [-0.25, -0.2) is 0 Å². The number of nitrogens with zero attached hydrogens (tertiary/aromatic N) is 3. The lowest BCUT2D eigenvalue weighted by Gasteiger charge is -2.24. The molecule has 2 unspecified atom stereocenters. The number of aliphatic hydroxyl groups is 1. The molecule has 2 atom stereocenters. The number of anilines is 1. The Labute approximate surface area is 263 Å². The van der Waals surface area contributed by atoms with Crippen molar-refractivity contribution in [1.82, 2.24) is 10.2 Å². The maximum absolute atomic E-state index is 13.7. The molecule has 0 spiro atoms. The quantitative estimate of drug-likeness (QED) is 0.0765. The van der Waals surface area contributed by atoms with E-state index in [0.29, 0.717) is 32.7 Å². The van der Waals surface area contributed by atoms with Crippen molar-refractivity contribution in [2.24, 2.45) is 0 Å². The number of rotatable bonds is 6. The first-order valence-electron chi connectivity index (χ1n) is 13.9. The van der Waals surface area contributed by atoms with Gasteiger partial charge in [0.05, 0.1) is 11.6 Å². The van der Waals surface area contributed by atoms with Crippen LogP contribution in [-0.2, 0) is 27.2 Å². The maximum Gasteiger partial charge on any atom is 0.301 e. The Hall–Kier alpha value is -3.66. The number of amides is 1. The van der Waals surface area contributed by atoms with Crippen LogP contribution in [0.3, 0.4) is 0 Å². The average Bonchev–Trinajstić information content (AvgIpc) is 3.66. The number of hydrogen-bond acceptors (Lipinski definition) is 8. The number of carbonyl (C=O) groups excluding carboxylic acids is 2. The summed E-state index contributed by atoms with van der Waals surface area (Å²) in [5.74, 6) is -0.428. The van der Waals surface area contributed by atoms with E-state index in [1.165, 1.54) is 28.0 Å². The van der Waals surface area contributed by atoms with E-state index in [-0.39, 0.29) is 28.0 Å². The van der Waals surface area contributed by atoms with Crippen LogP contribution in [0.25, 0.3) is 5.76 Å². The highest BCUT2D eigenvalue weighted by Crippen LogP contribution is 2.45. The molecule has 3 heterocycles. The van der Waals surface area contributed by atoms with Crippen molar-refractivity contribution in [3.05, 3.63) is 105 Å². The Bertz CT molecular complexity index is 1760. The van der Waals surface area contributed by atoms with Gasteiger partial charge in [0, 0.05) is 22.8 Å². The fourth-order valence-corrected chi connectivity index (χ4v) is 7.50. The fourth-order valence-electron chi connectivity index (χ4n) is 5.35. The number of thioether (sulfide) groups is 1.